The maximum absolute atomic E-state index is 5.87. The molecule has 1 aliphatic rings. The normalized spacial score (nSPS) is 21.5. The molecular formula is C13H20N2O. The minimum Gasteiger partial charge on any atom is -0.371 e. The van der Waals surface area contributed by atoms with Crippen LogP contribution in [0.3, 0.4) is 0 Å². The summed E-state index contributed by atoms with van der Waals surface area (Å²) in [6.07, 6.45) is 3.26. The van der Waals surface area contributed by atoms with Crippen molar-refractivity contribution in [3.05, 3.63) is 35.4 Å². The van der Waals surface area contributed by atoms with Gasteiger partial charge in [-0.2, -0.15) is 0 Å². The van der Waals surface area contributed by atoms with Crippen molar-refractivity contribution in [2.45, 2.75) is 38.3 Å². The summed E-state index contributed by atoms with van der Waals surface area (Å²) in [6, 6.07) is 8.71. The number of ether oxygens (including phenoxy) is 1. The van der Waals surface area contributed by atoms with Gasteiger partial charge in [-0.15, -0.1) is 0 Å². The van der Waals surface area contributed by atoms with Gasteiger partial charge in [0.25, 0.3) is 0 Å². The Bertz CT molecular complexity index is 340. The summed E-state index contributed by atoms with van der Waals surface area (Å²) in [5.41, 5.74) is 5.58. The molecule has 3 heteroatoms. The molecule has 0 spiro atoms. The summed E-state index contributed by atoms with van der Waals surface area (Å²) < 4.78 is 5.87. The van der Waals surface area contributed by atoms with Gasteiger partial charge in [-0.05, 0) is 24.0 Å². The summed E-state index contributed by atoms with van der Waals surface area (Å²) in [4.78, 5) is 0. The van der Waals surface area contributed by atoms with Gasteiger partial charge in [0, 0.05) is 0 Å². The Kier molecular flexibility index (Phi) is 3.93. The molecule has 1 aromatic rings. The zero-order chi connectivity index (χ0) is 11.4. The smallest absolute Gasteiger partial charge is 0.0994 e. The first kappa shape index (κ1) is 11.6. The van der Waals surface area contributed by atoms with Crippen LogP contribution in [0.4, 0.5) is 0 Å². The third-order valence-electron chi connectivity index (χ3n) is 3.21. The average Bonchev–Trinajstić information content (AvgIpc) is 2.35. The molecule has 0 aliphatic carbocycles. The molecule has 1 aromatic carbocycles. The molecule has 0 aromatic heterocycles. The van der Waals surface area contributed by atoms with Gasteiger partial charge in [-0.25, -0.2) is 0 Å². The van der Waals surface area contributed by atoms with Crippen LogP contribution < -0.4 is 11.3 Å². The second-order valence-corrected chi connectivity index (χ2v) is 4.30. The molecule has 0 saturated carbocycles. The molecular weight excluding hydrogens is 200 g/mol. The predicted octanol–water partition coefficient (Wildman–Crippen LogP) is 1.93. The zero-order valence-corrected chi connectivity index (χ0v) is 9.78. The van der Waals surface area contributed by atoms with E-state index in [1.165, 1.54) is 11.1 Å². The summed E-state index contributed by atoms with van der Waals surface area (Å²) >= 11 is 0. The number of rotatable bonds is 4. The van der Waals surface area contributed by atoms with Gasteiger partial charge in [0.2, 0.25) is 0 Å². The lowest BCUT2D eigenvalue weighted by molar-refractivity contribution is 0.0131. The van der Waals surface area contributed by atoms with E-state index in [1.54, 1.807) is 0 Å². The summed E-state index contributed by atoms with van der Waals surface area (Å²) in [5.74, 6) is 5.62. The fraction of sp³-hybridized carbons (Fsp3) is 0.538. The van der Waals surface area contributed by atoms with E-state index in [9.17, 15) is 0 Å². The van der Waals surface area contributed by atoms with E-state index < -0.39 is 0 Å². The van der Waals surface area contributed by atoms with Gasteiger partial charge in [-0.1, -0.05) is 37.6 Å². The molecule has 3 nitrogen and oxygen atoms in total. The molecule has 3 N–H and O–H groups in total. The van der Waals surface area contributed by atoms with Crippen LogP contribution in [-0.4, -0.2) is 12.6 Å². The van der Waals surface area contributed by atoms with Crippen molar-refractivity contribution in [1.82, 2.24) is 5.43 Å². The van der Waals surface area contributed by atoms with Crippen LogP contribution >= 0.6 is 0 Å². The van der Waals surface area contributed by atoms with Gasteiger partial charge >= 0.3 is 0 Å². The molecule has 16 heavy (non-hydrogen) atoms. The van der Waals surface area contributed by atoms with Crippen molar-refractivity contribution in [3.8, 4) is 0 Å². The van der Waals surface area contributed by atoms with Gasteiger partial charge < -0.3 is 4.74 Å². The number of hydrogen-bond acceptors (Lipinski definition) is 3. The first-order valence-corrected chi connectivity index (χ1v) is 6.02. The summed E-state index contributed by atoms with van der Waals surface area (Å²) in [7, 11) is 0. The third kappa shape index (κ3) is 2.26. The predicted molar refractivity (Wildman–Crippen MR) is 64.9 cm³/mol. The third-order valence-corrected chi connectivity index (χ3v) is 3.21. The van der Waals surface area contributed by atoms with Gasteiger partial charge in [-0.3, -0.25) is 11.3 Å². The van der Waals surface area contributed by atoms with Crippen LogP contribution in [-0.2, 0) is 11.2 Å². The van der Waals surface area contributed by atoms with Crippen molar-refractivity contribution < 1.29 is 4.74 Å². The van der Waals surface area contributed by atoms with E-state index in [-0.39, 0.29) is 12.1 Å². The Balaban J connectivity index is 2.23. The van der Waals surface area contributed by atoms with Crippen molar-refractivity contribution >= 4 is 0 Å². The highest BCUT2D eigenvalue weighted by atomic mass is 16.5. The molecule has 0 radical (unpaired) electrons. The van der Waals surface area contributed by atoms with Crippen LogP contribution in [0.5, 0.6) is 0 Å². The maximum atomic E-state index is 5.87. The number of hydrazine groups is 1. The number of nitrogens with one attached hydrogen (secondary N) is 1. The molecule has 2 rings (SSSR count). The average molecular weight is 220 g/mol. The van der Waals surface area contributed by atoms with E-state index in [2.05, 4.69) is 36.6 Å². The standard InChI is InChI=1S/C13H20N2O/c1-2-5-12(15-14)13-11-7-4-3-6-10(11)8-9-16-13/h3-4,6-7,12-13,15H,2,5,8-9,14H2,1H3. The monoisotopic (exact) mass is 220 g/mol. The van der Waals surface area contributed by atoms with E-state index in [0.29, 0.717) is 0 Å². The topological polar surface area (TPSA) is 47.3 Å². The van der Waals surface area contributed by atoms with E-state index >= 15 is 0 Å². The van der Waals surface area contributed by atoms with Crippen LogP contribution in [0, 0.1) is 0 Å². The Morgan fingerprint density at radius 3 is 3.06 bits per heavy atom. The lowest BCUT2D eigenvalue weighted by Gasteiger charge is -2.32. The molecule has 1 heterocycles. The molecule has 0 bridgehead atoms. The van der Waals surface area contributed by atoms with Crippen molar-refractivity contribution in [1.29, 1.82) is 0 Å². The number of hydrogen-bond donors (Lipinski definition) is 2. The molecule has 0 amide bonds. The minimum atomic E-state index is 0.106. The quantitative estimate of drug-likeness (QED) is 0.602. The highest BCUT2D eigenvalue weighted by molar-refractivity contribution is 5.31. The maximum Gasteiger partial charge on any atom is 0.0994 e. The van der Waals surface area contributed by atoms with Crippen molar-refractivity contribution in [2.24, 2.45) is 5.84 Å². The Hall–Kier alpha value is -0.900. The number of fused-ring (bicyclic) bond motifs is 1. The Morgan fingerprint density at radius 1 is 1.50 bits per heavy atom. The fourth-order valence-corrected chi connectivity index (χ4v) is 2.39. The fourth-order valence-electron chi connectivity index (χ4n) is 2.39. The first-order chi connectivity index (χ1) is 7.86. The Labute approximate surface area is 97.0 Å². The summed E-state index contributed by atoms with van der Waals surface area (Å²) in [6.45, 7) is 2.96. The van der Waals surface area contributed by atoms with Gasteiger partial charge in [0.15, 0.2) is 0 Å². The number of nitrogens with two attached hydrogens (primary N) is 1. The molecule has 2 unspecified atom stereocenters. The summed E-state index contributed by atoms with van der Waals surface area (Å²) in [5, 5.41) is 0. The molecule has 0 saturated heterocycles. The first-order valence-electron chi connectivity index (χ1n) is 6.02. The van der Waals surface area contributed by atoms with E-state index in [0.717, 1.165) is 25.9 Å². The molecule has 88 valence electrons. The lowest BCUT2D eigenvalue weighted by atomic mass is 9.92. The minimum absolute atomic E-state index is 0.106. The largest absolute Gasteiger partial charge is 0.371 e. The van der Waals surface area contributed by atoms with E-state index in [4.69, 9.17) is 10.6 Å². The second kappa shape index (κ2) is 5.43. The highest BCUT2D eigenvalue weighted by Gasteiger charge is 2.27. The number of benzene rings is 1. The SMILES string of the molecule is CCCC(NN)C1OCCc2ccccc21. The van der Waals surface area contributed by atoms with Crippen LogP contribution in [0.1, 0.15) is 37.0 Å². The highest BCUT2D eigenvalue weighted by Crippen LogP contribution is 2.30. The van der Waals surface area contributed by atoms with Crippen LogP contribution in [0.25, 0.3) is 0 Å². The van der Waals surface area contributed by atoms with Crippen molar-refractivity contribution in [3.63, 3.8) is 0 Å². The Morgan fingerprint density at radius 2 is 2.31 bits per heavy atom. The lowest BCUT2D eigenvalue weighted by Crippen LogP contribution is -2.42. The van der Waals surface area contributed by atoms with E-state index in [1.807, 2.05) is 0 Å². The van der Waals surface area contributed by atoms with Crippen LogP contribution in [0.2, 0.25) is 0 Å². The second-order valence-electron chi connectivity index (χ2n) is 4.30. The van der Waals surface area contributed by atoms with Gasteiger partial charge in [0.05, 0.1) is 18.8 Å². The van der Waals surface area contributed by atoms with Crippen LogP contribution in [0.15, 0.2) is 24.3 Å². The molecule has 1 aliphatic heterocycles. The van der Waals surface area contributed by atoms with Crippen molar-refractivity contribution in [2.75, 3.05) is 6.61 Å². The van der Waals surface area contributed by atoms with Gasteiger partial charge in [0.1, 0.15) is 0 Å². The zero-order valence-electron chi connectivity index (χ0n) is 9.78. The molecule has 0 fully saturated rings. The molecule has 2 atom stereocenters.